The summed E-state index contributed by atoms with van der Waals surface area (Å²) in [5.74, 6) is -0.365. The van der Waals surface area contributed by atoms with E-state index in [-0.39, 0.29) is 11.3 Å². The monoisotopic (exact) mass is 346 g/mol. The van der Waals surface area contributed by atoms with Gasteiger partial charge >= 0.3 is 6.36 Å². The van der Waals surface area contributed by atoms with E-state index in [0.29, 0.717) is 22.2 Å². The lowest BCUT2D eigenvalue weighted by Gasteiger charge is -2.11. The van der Waals surface area contributed by atoms with Gasteiger partial charge in [-0.2, -0.15) is 9.78 Å². The molecule has 0 amide bonds. The van der Waals surface area contributed by atoms with Crippen molar-refractivity contribution in [1.82, 2.24) is 9.78 Å². The molecule has 7 heteroatoms. The molecular weight excluding hydrogens is 333 g/mol. The van der Waals surface area contributed by atoms with Gasteiger partial charge in [0.05, 0.1) is 16.8 Å². The summed E-state index contributed by atoms with van der Waals surface area (Å²) in [6, 6.07) is 10.3. The minimum atomic E-state index is -4.77. The Bertz CT molecular complexity index is 1010. The summed E-state index contributed by atoms with van der Waals surface area (Å²) in [6.07, 6.45) is -3.14. The van der Waals surface area contributed by atoms with Crippen LogP contribution in [0.3, 0.4) is 0 Å². The number of aryl methyl sites for hydroxylation is 1. The van der Waals surface area contributed by atoms with Crippen LogP contribution in [0.25, 0.3) is 22.5 Å². The van der Waals surface area contributed by atoms with Gasteiger partial charge in [-0.1, -0.05) is 24.8 Å². The van der Waals surface area contributed by atoms with E-state index in [1.54, 1.807) is 25.1 Å². The third kappa shape index (κ3) is 3.40. The van der Waals surface area contributed by atoms with Gasteiger partial charge in [0.2, 0.25) is 0 Å². The van der Waals surface area contributed by atoms with Crippen LogP contribution in [0, 0.1) is 6.92 Å². The van der Waals surface area contributed by atoms with Crippen LogP contribution in [-0.4, -0.2) is 16.1 Å². The maximum absolute atomic E-state index is 12.7. The number of ether oxygens (including phenoxy) is 1. The van der Waals surface area contributed by atoms with Gasteiger partial charge in [-0.3, -0.25) is 4.79 Å². The van der Waals surface area contributed by atoms with Gasteiger partial charge in [-0.15, -0.1) is 13.2 Å². The fourth-order valence-electron chi connectivity index (χ4n) is 2.51. The molecule has 0 saturated carbocycles. The molecule has 0 fully saturated rings. The van der Waals surface area contributed by atoms with Crippen molar-refractivity contribution in [3.05, 3.63) is 70.7 Å². The van der Waals surface area contributed by atoms with Crippen LogP contribution in [0.1, 0.15) is 11.3 Å². The molecule has 0 atom stereocenters. The van der Waals surface area contributed by atoms with Gasteiger partial charge in [0.1, 0.15) is 5.75 Å². The molecule has 3 rings (SSSR count). The van der Waals surface area contributed by atoms with E-state index >= 15 is 0 Å². The highest BCUT2D eigenvalue weighted by molar-refractivity contribution is 5.85. The lowest BCUT2D eigenvalue weighted by atomic mass is 10.1. The van der Waals surface area contributed by atoms with E-state index in [1.807, 2.05) is 6.07 Å². The largest absolute Gasteiger partial charge is 0.573 e. The predicted octanol–water partition coefficient (Wildman–Crippen LogP) is 4.24. The van der Waals surface area contributed by atoms with Crippen molar-refractivity contribution in [3.63, 3.8) is 0 Å². The van der Waals surface area contributed by atoms with E-state index in [4.69, 9.17) is 0 Å². The van der Waals surface area contributed by atoms with Gasteiger partial charge in [-0.05, 0) is 42.8 Å². The second kappa shape index (κ2) is 6.08. The zero-order chi connectivity index (χ0) is 18.2. The molecule has 1 heterocycles. The maximum Gasteiger partial charge on any atom is 0.573 e. The molecule has 0 aliphatic heterocycles. The Kier molecular flexibility index (Phi) is 4.08. The second-order valence-electron chi connectivity index (χ2n) is 5.35. The average molecular weight is 346 g/mol. The van der Waals surface area contributed by atoms with Crippen molar-refractivity contribution < 1.29 is 17.9 Å². The van der Waals surface area contributed by atoms with Gasteiger partial charge in [-0.25, -0.2) is 0 Å². The van der Waals surface area contributed by atoms with Gasteiger partial charge in [0.25, 0.3) is 5.56 Å². The summed E-state index contributed by atoms with van der Waals surface area (Å²) in [4.78, 5) is 12.7. The van der Waals surface area contributed by atoms with Crippen LogP contribution >= 0.6 is 0 Å². The number of hydrogen-bond donors (Lipinski definition) is 0. The molecule has 0 bridgehead atoms. The van der Waals surface area contributed by atoms with Crippen molar-refractivity contribution in [3.8, 4) is 11.4 Å². The van der Waals surface area contributed by atoms with Crippen LogP contribution in [0.5, 0.6) is 5.75 Å². The van der Waals surface area contributed by atoms with Crippen LogP contribution in [-0.2, 0) is 0 Å². The second-order valence-corrected chi connectivity index (χ2v) is 5.35. The number of alkyl halides is 3. The number of rotatable bonds is 3. The van der Waals surface area contributed by atoms with Crippen molar-refractivity contribution in [2.24, 2.45) is 0 Å². The van der Waals surface area contributed by atoms with E-state index in [9.17, 15) is 18.0 Å². The zero-order valence-corrected chi connectivity index (χ0v) is 13.2. The molecule has 0 N–H and O–H groups in total. The molecule has 0 radical (unpaired) electrons. The summed E-state index contributed by atoms with van der Waals surface area (Å²) < 4.78 is 41.7. The summed E-state index contributed by atoms with van der Waals surface area (Å²) in [7, 11) is 0. The Balaban J connectivity index is 2.11. The van der Waals surface area contributed by atoms with E-state index < -0.39 is 6.36 Å². The zero-order valence-electron chi connectivity index (χ0n) is 13.2. The van der Waals surface area contributed by atoms with E-state index in [2.05, 4.69) is 16.4 Å². The molecular formula is C18H13F3N2O2. The Morgan fingerprint density at radius 1 is 1.12 bits per heavy atom. The molecule has 2 aromatic carbocycles. The fraction of sp³-hybridized carbons (Fsp3) is 0.111. The van der Waals surface area contributed by atoms with Crippen LogP contribution in [0.2, 0.25) is 0 Å². The standard InChI is InChI=1S/C18H13F3N2O2/c1-3-12-4-9-15-11(2)22-23(17(24)16(15)10-12)13-5-7-14(8-6-13)25-18(19,20)21/h3-10H,1H2,2H3. The van der Waals surface area contributed by atoms with E-state index in [0.717, 1.165) is 22.4 Å². The summed E-state index contributed by atoms with van der Waals surface area (Å²) in [5.41, 5.74) is 1.39. The summed E-state index contributed by atoms with van der Waals surface area (Å²) in [5, 5.41) is 5.42. The first-order valence-electron chi connectivity index (χ1n) is 7.31. The highest BCUT2D eigenvalue weighted by atomic mass is 19.4. The topological polar surface area (TPSA) is 44.1 Å². The number of fused-ring (bicyclic) bond motifs is 1. The number of nitrogens with zero attached hydrogens (tertiary/aromatic N) is 2. The molecule has 25 heavy (non-hydrogen) atoms. The van der Waals surface area contributed by atoms with Crippen LogP contribution in [0.15, 0.2) is 53.8 Å². The van der Waals surface area contributed by atoms with Crippen molar-refractivity contribution >= 4 is 16.8 Å². The fourth-order valence-corrected chi connectivity index (χ4v) is 2.51. The molecule has 1 aromatic heterocycles. The average Bonchev–Trinajstić information content (AvgIpc) is 2.57. The molecule has 3 aromatic rings. The molecule has 0 unspecified atom stereocenters. The predicted molar refractivity (Wildman–Crippen MR) is 88.9 cm³/mol. The first-order valence-corrected chi connectivity index (χ1v) is 7.31. The first kappa shape index (κ1) is 16.8. The molecule has 0 aliphatic carbocycles. The van der Waals surface area contributed by atoms with Crippen LogP contribution < -0.4 is 10.3 Å². The van der Waals surface area contributed by atoms with Gasteiger partial charge < -0.3 is 4.74 Å². The number of benzene rings is 2. The minimum Gasteiger partial charge on any atom is -0.406 e. The number of halogens is 3. The van der Waals surface area contributed by atoms with Gasteiger partial charge in [0.15, 0.2) is 0 Å². The van der Waals surface area contributed by atoms with Crippen LogP contribution in [0.4, 0.5) is 13.2 Å². The number of hydrogen-bond acceptors (Lipinski definition) is 3. The first-order chi connectivity index (χ1) is 11.8. The number of aromatic nitrogens is 2. The minimum absolute atomic E-state index is 0.341. The van der Waals surface area contributed by atoms with Gasteiger partial charge in [0, 0.05) is 5.39 Å². The molecule has 0 saturated heterocycles. The molecule has 0 aliphatic rings. The third-order valence-corrected chi connectivity index (χ3v) is 3.66. The highest BCUT2D eigenvalue weighted by Gasteiger charge is 2.31. The van der Waals surface area contributed by atoms with Crippen molar-refractivity contribution in [2.45, 2.75) is 13.3 Å². The van der Waals surface area contributed by atoms with E-state index in [1.165, 1.54) is 12.1 Å². The smallest absolute Gasteiger partial charge is 0.406 e. The lowest BCUT2D eigenvalue weighted by molar-refractivity contribution is -0.274. The normalized spacial score (nSPS) is 11.5. The Labute approximate surface area is 140 Å². The Hall–Kier alpha value is -3.09. The molecule has 4 nitrogen and oxygen atoms in total. The molecule has 0 spiro atoms. The molecule has 128 valence electrons. The Morgan fingerprint density at radius 2 is 1.80 bits per heavy atom. The highest BCUT2D eigenvalue weighted by Crippen LogP contribution is 2.23. The maximum atomic E-state index is 12.7. The van der Waals surface area contributed by atoms with Crippen molar-refractivity contribution in [1.29, 1.82) is 0 Å². The summed E-state index contributed by atoms with van der Waals surface area (Å²) in [6.45, 7) is 5.44. The quantitative estimate of drug-likeness (QED) is 0.713. The SMILES string of the molecule is C=Cc1ccc2c(C)nn(-c3ccc(OC(F)(F)F)cc3)c(=O)c2c1. The third-order valence-electron chi connectivity index (χ3n) is 3.66. The van der Waals surface area contributed by atoms with Crippen molar-refractivity contribution in [2.75, 3.05) is 0 Å². The summed E-state index contributed by atoms with van der Waals surface area (Å²) >= 11 is 0. The lowest BCUT2D eigenvalue weighted by Crippen LogP contribution is -2.22. The Morgan fingerprint density at radius 3 is 2.40 bits per heavy atom.